The number of sulfonamides is 1. The van der Waals surface area contributed by atoms with Crippen molar-refractivity contribution in [2.45, 2.75) is 51.0 Å². The Kier molecular flexibility index (Phi) is 10.6. The lowest BCUT2D eigenvalue weighted by Crippen LogP contribution is -2.44. The number of esters is 1. The number of halogens is 1. The summed E-state index contributed by atoms with van der Waals surface area (Å²) in [7, 11) is -3.56. The average molecular weight is 512 g/mol. The third kappa shape index (κ3) is 8.58. The molecule has 0 aromatic heterocycles. The number of aryl methyl sites for hydroxylation is 1. The van der Waals surface area contributed by atoms with Crippen molar-refractivity contribution in [3.63, 3.8) is 0 Å². The second-order valence-corrected chi connectivity index (χ2v) is 10.1. The molecule has 33 heavy (non-hydrogen) atoms. The minimum absolute atomic E-state index is 0.229. The minimum atomic E-state index is -3.56. The molecule has 0 spiro atoms. The molecule has 0 fully saturated rings. The summed E-state index contributed by atoms with van der Waals surface area (Å²) in [6.45, 7) is 6.01. The fourth-order valence-electron chi connectivity index (χ4n) is 3.03. The number of rotatable bonds is 11. The summed E-state index contributed by atoms with van der Waals surface area (Å²) < 4.78 is 32.5. The van der Waals surface area contributed by atoms with Crippen molar-refractivity contribution >= 4 is 50.6 Å². The highest BCUT2D eigenvalue weighted by molar-refractivity contribution is 7.89. The molecule has 2 aromatic carbocycles. The van der Waals surface area contributed by atoms with Crippen molar-refractivity contribution in [3.05, 3.63) is 58.6 Å². The Balaban J connectivity index is 1.87. The van der Waals surface area contributed by atoms with Gasteiger partial charge in [-0.2, -0.15) is 0 Å². The number of benzene rings is 2. The van der Waals surface area contributed by atoms with Gasteiger partial charge in [0.25, 0.3) is 0 Å². The van der Waals surface area contributed by atoms with Crippen LogP contribution in [-0.4, -0.2) is 38.7 Å². The van der Waals surface area contributed by atoms with Crippen molar-refractivity contribution in [1.29, 1.82) is 0 Å². The summed E-state index contributed by atoms with van der Waals surface area (Å²) in [5.41, 5.74) is 2.58. The molecule has 0 radical (unpaired) electrons. The lowest BCUT2D eigenvalue weighted by atomic mass is 10.1. The monoisotopic (exact) mass is 511 g/mol. The molecule has 0 aliphatic carbocycles. The second-order valence-electron chi connectivity index (χ2n) is 7.52. The summed E-state index contributed by atoms with van der Waals surface area (Å²) >= 11 is 11.5. The van der Waals surface area contributed by atoms with Crippen molar-refractivity contribution in [2.75, 3.05) is 18.5 Å². The van der Waals surface area contributed by atoms with Crippen LogP contribution in [-0.2, 0) is 19.6 Å². The third-order valence-corrected chi connectivity index (χ3v) is 7.04. The van der Waals surface area contributed by atoms with Crippen molar-refractivity contribution in [3.8, 4) is 0 Å². The molecular weight excluding hydrogens is 482 g/mol. The normalized spacial score (nSPS) is 12.1. The van der Waals surface area contributed by atoms with E-state index < -0.39 is 22.0 Å². The predicted octanol–water partition coefficient (Wildman–Crippen LogP) is 4.32. The average Bonchev–Trinajstić information content (AvgIpc) is 2.76. The van der Waals surface area contributed by atoms with E-state index in [1.54, 1.807) is 43.3 Å². The second kappa shape index (κ2) is 12.9. The molecule has 0 saturated heterocycles. The van der Waals surface area contributed by atoms with Crippen LogP contribution < -0.4 is 15.4 Å². The van der Waals surface area contributed by atoms with E-state index in [-0.39, 0.29) is 23.2 Å². The number of thiocarbonyl (C=S) groups is 1. The Morgan fingerprint density at radius 2 is 1.82 bits per heavy atom. The van der Waals surface area contributed by atoms with Crippen LogP contribution in [0.1, 0.15) is 37.3 Å². The van der Waals surface area contributed by atoms with Gasteiger partial charge in [-0.05, 0) is 82.1 Å². The molecule has 0 aliphatic rings. The van der Waals surface area contributed by atoms with Crippen LogP contribution in [0.2, 0.25) is 5.02 Å². The maximum Gasteiger partial charge on any atom is 0.328 e. The molecule has 0 heterocycles. The van der Waals surface area contributed by atoms with E-state index >= 15 is 0 Å². The smallest absolute Gasteiger partial charge is 0.328 e. The fourth-order valence-corrected chi connectivity index (χ4v) is 4.53. The van der Waals surface area contributed by atoms with Gasteiger partial charge in [-0.3, -0.25) is 0 Å². The van der Waals surface area contributed by atoms with Crippen LogP contribution in [0.3, 0.4) is 0 Å². The summed E-state index contributed by atoms with van der Waals surface area (Å²) in [5.74, 6) is -0.412. The van der Waals surface area contributed by atoms with E-state index in [0.29, 0.717) is 24.3 Å². The molecule has 0 saturated carbocycles. The van der Waals surface area contributed by atoms with Crippen LogP contribution >= 0.6 is 23.8 Å². The topological polar surface area (TPSA) is 96.5 Å². The zero-order chi connectivity index (χ0) is 24.4. The van der Waals surface area contributed by atoms with Crippen LogP contribution in [0.25, 0.3) is 0 Å². The third-order valence-electron chi connectivity index (χ3n) is 4.94. The Bertz CT molecular complexity index is 1060. The van der Waals surface area contributed by atoms with Crippen LogP contribution in [0, 0.1) is 13.8 Å². The molecule has 7 nitrogen and oxygen atoms in total. The first-order valence-corrected chi connectivity index (χ1v) is 13.0. The number of nitrogens with one attached hydrogen (secondary N) is 3. The number of anilines is 1. The lowest BCUT2D eigenvalue weighted by Gasteiger charge is -2.20. The van der Waals surface area contributed by atoms with E-state index in [1.807, 2.05) is 19.9 Å². The standard InChI is InChI=1S/C23H30ClN3O4S2/c1-4-31-22(28)21(27-23(32)26-20-10-7-8-19(24)17(20)3)9-5-6-15-25-33(29,30)18-13-11-16(2)12-14-18/h7-8,10-14,21,25H,4-6,9,15H2,1-3H3,(H2,26,27,32). The van der Waals surface area contributed by atoms with Crippen LogP contribution in [0.15, 0.2) is 47.4 Å². The van der Waals surface area contributed by atoms with Crippen molar-refractivity contribution < 1.29 is 17.9 Å². The predicted molar refractivity (Wildman–Crippen MR) is 136 cm³/mol. The number of carbonyl (C=O) groups is 1. The van der Waals surface area contributed by atoms with E-state index in [0.717, 1.165) is 16.8 Å². The van der Waals surface area contributed by atoms with Crippen LogP contribution in [0.5, 0.6) is 0 Å². The highest BCUT2D eigenvalue weighted by Crippen LogP contribution is 2.22. The van der Waals surface area contributed by atoms with Gasteiger partial charge in [0.05, 0.1) is 11.5 Å². The van der Waals surface area contributed by atoms with Gasteiger partial charge in [0.15, 0.2) is 5.11 Å². The van der Waals surface area contributed by atoms with Crippen molar-refractivity contribution in [2.24, 2.45) is 0 Å². The molecule has 2 rings (SSSR count). The van der Waals surface area contributed by atoms with E-state index in [9.17, 15) is 13.2 Å². The Morgan fingerprint density at radius 3 is 2.48 bits per heavy atom. The van der Waals surface area contributed by atoms with E-state index in [1.165, 1.54) is 0 Å². The molecule has 2 aromatic rings. The first-order valence-electron chi connectivity index (χ1n) is 10.7. The summed E-state index contributed by atoms with van der Waals surface area (Å²) in [4.78, 5) is 12.6. The Labute approximate surface area is 206 Å². The zero-order valence-electron chi connectivity index (χ0n) is 19.0. The largest absolute Gasteiger partial charge is 0.464 e. The quantitative estimate of drug-likeness (QED) is 0.235. The summed E-state index contributed by atoms with van der Waals surface area (Å²) in [6, 6.07) is 11.4. The van der Waals surface area contributed by atoms with Gasteiger partial charge in [0.2, 0.25) is 10.0 Å². The first kappa shape index (κ1) is 27.0. The summed E-state index contributed by atoms with van der Waals surface area (Å²) in [5, 5.41) is 6.94. The first-order chi connectivity index (χ1) is 15.6. The molecule has 0 aliphatic heterocycles. The van der Waals surface area contributed by atoms with Gasteiger partial charge in [0.1, 0.15) is 6.04 Å². The van der Waals surface area contributed by atoms with Gasteiger partial charge in [-0.25, -0.2) is 17.9 Å². The molecule has 0 amide bonds. The van der Waals surface area contributed by atoms with Gasteiger partial charge in [-0.15, -0.1) is 0 Å². The lowest BCUT2D eigenvalue weighted by molar-refractivity contribution is -0.145. The maximum absolute atomic E-state index is 12.4. The maximum atomic E-state index is 12.4. The molecular formula is C23H30ClN3O4S2. The summed E-state index contributed by atoms with van der Waals surface area (Å²) in [6.07, 6.45) is 1.57. The number of carbonyl (C=O) groups excluding carboxylic acids is 1. The fraction of sp³-hybridized carbons (Fsp3) is 0.391. The molecule has 180 valence electrons. The molecule has 1 unspecified atom stereocenters. The molecule has 1 atom stereocenters. The number of unbranched alkanes of at least 4 members (excludes halogenated alkanes) is 1. The van der Waals surface area contributed by atoms with E-state index in [2.05, 4.69) is 15.4 Å². The Hall–Kier alpha value is -2.20. The number of ether oxygens (including phenoxy) is 1. The van der Waals surface area contributed by atoms with Gasteiger partial charge >= 0.3 is 5.97 Å². The number of hydrogen-bond donors (Lipinski definition) is 3. The number of hydrogen-bond acceptors (Lipinski definition) is 5. The van der Waals surface area contributed by atoms with E-state index in [4.69, 9.17) is 28.6 Å². The van der Waals surface area contributed by atoms with Crippen molar-refractivity contribution in [1.82, 2.24) is 10.0 Å². The molecule has 10 heteroatoms. The SMILES string of the molecule is CCOC(=O)C(CCCCNS(=O)(=O)c1ccc(C)cc1)NC(=S)Nc1cccc(Cl)c1C. The Morgan fingerprint density at radius 1 is 1.12 bits per heavy atom. The van der Waals surface area contributed by atoms with Gasteiger partial charge < -0.3 is 15.4 Å². The zero-order valence-corrected chi connectivity index (χ0v) is 21.4. The molecule has 0 bridgehead atoms. The highest BCUT2D eigenvalue weighted by atomic mass is 35.5. The minimum Gasteiger partial charge on any atom is -0.464 e. The van der Waals surface area contributed by atoms with Gasteiger partial charge in [0, 0.05) is 17.3 Å². The van der Waals surface area contributed by atoms with Gasteiger partial charge in [-0.1, -0.05) is 35.4 Å². The van der Waals surface area contributed by atoms with Crippen LogP contribution in [0.4, 0.5) is 5.69 Å². The highest BCUT2D eigenvalue weighted by Gasteiger charge is 2.21. The molecule has 3 N–H and O–H groups in total.